The smallest absolute Gasteiger partial charge is 0.383 e. The predicted octanol–water partition coefficient (Wildman–Crippen LogP) is 2.17. The minimum atomic E-state index is -2.32. The van der Waals surface area contributed by atoms with Gasteiger partial charge in [0.05, 0.1) is 0 Å². The summed E-state index contributed by atoms with van der Waals surface area (Å²) in [6.45, 7) is 0. The molecule has 4 nitrogen and oxygen atoms in total. The highest BCUT2D eigenvalue weighted by atomic mass is 32.1. The van der Waals surface area contributed by atoms with E-state index >= 15 is 0 Å². The van der Waals surface area contributed by atoms with Crippen LogP contribution in [0.3, 0.4) is 0 Å². The Morgan fingerprint density at radius 3 is 1.78 bits per heavy atom. The molecular weight excluding hydrogens is 283 g/mol. The van der Waals surface area contributed by atoms with Gasteiger partial charge in [0, 0.05) is 0 Å². The van der Waals surface area contributed by atoms with Gasteiger partial charge in [-0.15, -0.1) is 0 Å². The Hall–Kier alpha value is -1.97. The first-order valence-electron chi connectivity index (χ1n) is 4.05. The number of halogens is 5. The first-order valence-corrected chi connectivity index (χ1v) is 4.46. The maximum atomic E-state index is 13.1. The minimum Gasteiger partial charge on any atom is -0.383 e. The standard InChI is InChI=1S/C8H3F5N2O2S/c9-1-2(10)4(12)6(5(13)3(1)11)15-8(18)17-7(14)16/h(H2,14,16)(H,15,18). The molecule has 0 saturated heterocycles. The van der Waals surface area contributed by atoms with E-state index in [0.29, 0.717) is 0 Å². The molecule has 10 heteroatoms. The molecule has 0 unspecified atom stereocenters. The van der Waals surface area contributed by atoms with Crippen LogP contribution in [-0.4, -0.2) is 11.3 Å². The zero-order valence-electron chi connectivity index (χ0n) is 8.19. The van der Waals surface area contributed by atoms with Crippen LogP contribution in [0.4, 0.5) is 32.4 Å². The Kier molecular flexibility index (Phi) is 4.01. The van der Waals surface area contributed by atoms with Gasteiger partial charge in [0.2, 0.25) is 5.82 Å². The maximum Gasteiger partial charge on any atom is 0.411 e. The second-order valence-electron chi connectivity index (χ2n) is 2.78. The Morgan fingerprint density at radius 2 is 1.39 bits per heavy atom. The second-order valence-corrected chi connectivity index (χ2v) is 3.15. The molecule has 0 atom stereocenters. The average molecular weight is 286 g/mol. The molecule has 1 amide bonds. The molecular formula is C8H3F5N2O2S. The fraction of sp³-hybridized carbons (Fsp3) is 0. The third kappa shape index (κ3) is 2.64. The summed E-state index contributed by atoms with van der Waals surface area (Å²) in [5.74, 6) is -11.0. The van der Waals surface area contributed by atoms with E-state index in [1.165, 1.54) is 5.32 Å². The molecule has 1 aromatic carbocycles. The van der Waals surface area contributed by atoms with Crippen molar-refractivity contribution in [2.24, 2.45) is 5.73 Å². The van der Waals surface area contributed by atoms with Crippen LogP contribution >= 0.6 is 12.2 Å². The SMILES string of the molecule is NC(=O)OC(=S)Nc1c(F)c(F)c(F)c(F)c1F. The minimum absolute atomic E-state index is 0.967. The summed E-state index contributed by atoms with van der Waals surface area (Å²) in [5.41, 5.74) is 3.08. The van der Waals surface area contributed by atoms with Gasteiger partial charge in [0.15, 0.2) is 23.3 Å². The molecule has 18 heavy (non-hydrogen) atoms. The quantitative estimate of drug-likeness (QED) is 0.359. The van der Waals surface area contributed by atoms with Crippen molar-refractivity contribution in [2.75, 3.05) is 5.32 Å². The number of nitrogens with one attached hydrogen (secondary N) is 1. The van der Waals surface area contributed by atoms with Gasteiger partial charge in [0.25, 0.3) is 5.17 Å². The number of nitrogens with two attached hydrogens (primary N) is 1. The van der Waals surface area contributed by atoms with E-state index in [0.717, 1.165) is 0 Å². The van der Waals surface area contributed by atoms with E-state index < -0.39 is 46.0 Å². The van der Waals surface area contributed by atoms with E-state index in [9.17, 15) is 26.7 Å². The zero-order chi connectivity index (χ0) is 14.0. The van der Waals surface area contributed by atoms with Crippen LogP contribution in [0.5, 0.6) is 0 Å². The third-order valence-corrected chi connectivity index (χ3v) is 1.82. The predicted molar refractivity (Wildman–Crippen MR) is 53.1 cm³/mol. The summed E-state index contributed by atoms with van der Waals surface area (Å²) >= 11 is 4.24. The van der Waals surface area contributed by atoms with E-state index in [1.807, 2.05) is 0 Å². The third-order valence-electron chi connectivity index (χ3n) is 1.63. The summed E-state index contributed by atoms with van der Waals surface area (Å²) in [4.78, 5) is 10.2. The van der Waals surface area contributed by atoms with Crippen LogP contribution in [0, 0.1) is 29.1 Å². The van der Waals surface area contributed by atoms with Gasteiger partial charge in [-0.2, -0.15) is 0 Å². The van der Waals surface area contributed by atoms with E-state index in [4.69, 9.17) is 0 Å². The molecule has 0 aliphatic rings. The first-order chi connectivity index (χ1) is 8.25. The molecule has 0 aliphatic carbocycles. The van der Waals surface area contributed by atoms with Crippen LogP contribution in [0.2, 0.25) is 0 Å². The highest BCUT2D eigenvalue weighted by Crippen LogP contribution is 2.27. The van der Waals surface area contributed by atoms with Crippen molar-refractivity contribution in [2.45, 2.75) is 0 Å². The number of benzene rings is 1. The number of hydrogen-bond acceptors (Lipinski definition) is 3. The summed E-state index contributed by atoms with van der Waals surface area (Å²) in [5, 5.41) is 0.563. The topological polar surface area (TPSA) is 64.4 Å². The lowest BCUT2D eigenvalue weighted by molar-refractivity contribution is 0.209. The molecule has 1 rings (SSSR count). The Morgan fingerprint density at radius 1 is 1.00 bits per heavy atom. The first kappa shape index (κ1) is 14.1. The van der Waals surface area contributed by atoms with Gasteiger partial charge < -0.3 is 15.8 Å². The molecule has 0 spiro atoms. The van der Waals surface area contributed by atoms with Crippen molar-refractivity contribution in [3.05, 3.63) is 29.1 Å². The maximum absolute atomic E-state index is 13.1. The molecule has 0 fully saturated rings. The van der Waals surface area contributed by atoms with Gasteiger partial charge in [0.1, 0.15) is 5.69 Å². The van der Waals surface area contributed by atoms with Crippen molar-refractivity contribution in [1.29, 1.82) is 0 Å². The fourth-order valence-corrected chi connectivity index (χ4v) is 1.12. The lowest BCUT2D eigenvalue weighted by Gasteiger charge is -2.10. The van der Waals surface area contributed by atoms with E-state index in [-0.39, 0.29) is 0 Å². The molecule has 0 aromatic heterocycles. The monoisotopic (exact) mass is 286 g/mol. The highest BCUT2D eigenvalue weighted by Gasteiger charge is 2.26. The van der Waals surface area contributed by atoms with Crippen molar-refractivity contribution in [3.8, 4) is 0 Å². The Balaban J connectivity index is 3.18. The van der Waals surface area contributed by atoms with Crippen LogP contribution < -0.4 is 11.1 Å². The summed E-state index contributed by atoms with van der Waals surface area (Å²) in [6, 6.07) is 0. The highest BCUT2D eigenvalue weighted by molar-refractivity contribution is 7.80. The van der Waals surface area contributed by atoms with Crippen molar-refractivity contribution in [1.82, 2.24) is 0 Å². The molecule has 0 saturated carbocycles. The summed E-state index contributed by atoms with van der Waals surface area (Å²) in [7, 11) is 0. The fourth-order valence-electron chi connectivity index (χ4n) is 0.934. The van der Waals surface area contributed by atoms with Crippen LogP contribution in [0.25, 0.3) is 0 Å². The summed E-state index contributed by atoms with van der Waals surface area (Å²) < 4.78 is 68.3. The Bertz CT molecular complexity index is 508. The normalized spacial score (nSPS) is 10.1. The molecule has 0 heterocycles. The van der Waals surface area contributed by atoms with Crippen molar-refractivity contribution in [3.63, 3.8) is 0 Å². The summed E-state index contributed by atoms with van der Waals surface area (Å²) in [6.07, 6.45) is -1.42. The average Bonchev–Trinajstić information content (AvgIpc) is 2.29. The molecule has 98 valence electrons. The number of hydrogen-bond donors (Lipinski definition) is 2. The molecule has 0 aliphatic heterocycles. The number of ether oxygens (including phenoxy) is 1. The van der Waals surface area contributed by atoms with Crippen LogP contribution in [-0.2, 0) is 4.74 Å². The largest absolute Gasteiger partial charge is 0.411 e. The number of thiocarbonyl (C=S) groups is 1. The molecule has 1 aromatic rings. The molecule has 3 N–H and O–H groups in total. The van der Waals surface area contributed by atoms with Gasteiger partial charge in [-0.05, 0) is 12.2 Å². The second kappa shape index (κ2) is 5.12. The van der Waals surface area contributed by atoms with Crippen LogP contribution in [0.15, 0.2) is 0 Å². The zero-order valence-corrected chi connectivity index (χ0v) is 9.01. The number of carbonyl (C=O) groups is 1. The van der Waals surface area contributed by atoms with Crippen LogP contribution in [0.1, 0.15) is 0 Å². The number of amides is 1. The van der Waals surface area contributed by atoms with Gasteiger partial charge in [-0.1, -0.05) is 0 Å². The number of rotatable bonds is 1. The number of anilines is 1. The Labute approximate surface area is 102 Å². The molecule has 0 radical (unpaired) electrons. The van der Waals surface area contributed by atoms with Gasteiger partial charge in [-0.3, -0.25) is 0 Å². The van der Waals surface area contributed by atoms with E-state index in [1.54, 1.807) is 0 Å². The van der Waals surface area contributed by atoms with Crippen molar-refractivity contribution < 1.29 is 31.5 Å². The molecule has 0 bridgehead atoms. The lowest BCUT2D eigenvalue weighted by atomic mass is 10.2. The van der Waals surface area contributed by atoms with Gasteiger partial charge >= 0.3 is 6.09 Å². The lowest BCUT2D eigenvalue weighted by Crippen LogP contribution is -2.24. The van der Waals surface area contributed by atoms with Crippen molar-refractivity contribution >= 4 is 29.2 Å². The van der Waals surface area contributed by atoms with Gasteiger partial charge in [-0.25, -0.2) is 26.7 Å². The number of primary amides is 1. The number of carbonyl (C=O) groups excluding carboxylic acids is 1. The van der Waals surface area contributed by atoms with E-state index in [2.05, 4.69) is 22.7 Å².